The SMILES string of the molecule is COc1ccc2c(c1)OC[C@@H](Cc1ccc(NC(C)C)nn1)C2. The summed E-state index contributed by atoms with van der Waals surface area (Å²) in [7, 11) is 1.67. The average molecular weight is 313 g/mol. The number of fused-ring (bicyclic) bond motifs is 1. The number of hydrogen-bond acceptors (Lipinski definition) is 5. The first-order valence-corrected chi connectivity index (χ1v) is 8.03. The zero-order valence-corrected chi connectivity index (χ0v) is 13.9. The van der Waals surface area contributed by atoms with Gasteiger partial charge in [-0.05, 0) is 50.5 Å². The highest BCUT2D eigenvalue weighted by Crippen LogP contribution is 2.31. The monoisotopic (exact) mass is 313 g/mol. The number of nitrogens with zero attached hydrogens (tertiary/aromatic N) is 2. The molecule has 0 spiro atoms. The minimum Gasteiger partial charge on any atom is -0.497 e. The van der Waals surface area contributed by atoms with Gasteiger partial charge in [-0.15, -0.1) is 5.10 Å². The van der Waals surface area contributed by atoms with Crippen LogP contribution < -0.4 is 14.8 Å². The zero-order chi connectivity index (χ0) is 16.2. The maximum atomic E-state index is 5.89. The molecule has 23 heavy (non-hydrogen) atoms. The predicted octanol–water partition coefficient (Wildman–Crippen LogP) is 3.10. The number of ether oxygens (including phenoxy) is 2. The van der Waals surface area contributed by atoms with Crippen LogP contribution in [0.3, 0.4) is 0 Å². The number of hydrogen-bond donors (Lipinski definition) is 1. The molecule has 0 radical (unpaired) electrons. The third-order valence-corrected chi connectivity index (χ3v) is 3.91. The van der Waals surface area contributed by atoms with Crippen LogP contribution in [0, 0.1) is 5.92 Å². The van der Waals surface area contributed by atoms with Gasteiger partial charge in [0, 0.05) is 18.0 Å². The lowest BCUT2D eigenvalue weighted by atomic mass is 9.92. The van der Waals surface area contributed by atoms with E-state index in [1.165, 1.54) is 5.56 Å². The Labute approximate surface area is 137 Å². The first-order chi connectivity index (χ1) is 11.1. The molecule has 0 unspecified atom stereocenters. The summed E-state index contributed by atoms with van der Waals surface area (Å²) in [5.41, 5.74) is 2.23. The van der Waals surface area contributed by atoms with Gasteiger partial charge in [-0.25, -0.2) is 0 Å². The lowest BCUT2D eigenvalue weighted by molar-refractivity contribution is 0.219. The highest BCUT2D eigenvalue weighted by Gasteiger charge is 2.21. The Morgan fingerprint density at radius 1 is 1.26 bits per heavy atom. The molecule has 1 N–H and O–H groups in total. The zero-order valence-electron chi connectivity index (χ0n) is 13.9. The van der Waals surface area contributed by atoms with Crippen LogP contribution in [0.25, 0.3) is 0 Å². The predicted molar refractivity (Wildman–Crippen MR) is 90.2 cm³/mol. The number of methoxy groups -OCH3 is 1. The van der Waals surface area contributed by atoms with Crippen LogP contribution in [0.1, 0.15) is 25.1 Å². The number of benzene rings is 1. The second kappa shape index (κ2) is 6.86. The minimum absolute atomic E-state index is 0.357. The summed E-state index contributed by atoms with van der Waals surface area (Å²) in [6, 6.07) is 10.4. The first-order valence-electron chi connectivity index (χ1n) is 8.03. The van der Waals surface area contributed by atoms with Crippen LogP contribution in [0.2, 0.25) is 0 Å². The number of nitrogens with one attached hydrogen (secondary N) is 1. The smallest absolute Gasteiger partial charge is 0.148 e. The molecule has 2 aromatic rings. The maximum absolute atomic E-state index is 5.89. The van der Waals surface area contributed by atoms with E-state index >= 15 is 0 Å². The molecule has 5 nitrogen and oxygen atoms in total. The molecule has 0 aliphatic carbocycles. The number of rotatable bonds is 5. The van der Waals surface area contributed by atoms with Crippen molar-refractivity contribution in [2.75, 3.05) is 19.0 Å². The van der Waals surface area contributed by atoms with E-state index in [4.69, 9.17) is 9.47 Å². The van der Waals surface area contributed by atoms with Crippen molar-refractivity contribution in [3.63, 3.8) is 0 Å². The standard InChI is InChI=1S/C18H23N3O2/c1-12(2)19-18-7-5-15(20-21-18)9-13-8-14-4-6-16(22-3)10-17(14)23-11-13/h4-7,10,12-13H,8-9,11H2,1-3H3,(H,19,21)/t13-/m1/s1. The highest BCUT2D eigenvalue weighted by atomic mass is 16.5. The highest BCUT2D eigenvalue weighted by molar-refractivity contribution is 5.42. The third-order valence-electron chi connectivity index (χ3n) is 3.91. The van der Waals surface area contributed by atoms with E-state index in [0.717, 1.165) is 35.9 Å². The van der Waals surface area contributed by atoms with Crippen LogP contribution >= 0.6 is 0 Å². The van der Waals surface area contributed by atoms with Gasteiger partial charge in [0.15, 0.2) is 0 Å². The van der Waals surface area contributed by atoms with Crippen molar-refractivity contribution in [1.29, 1.82) is 0 Å². The molecule has 0 fully saturated rings. The molecule has 0 bridgehead atoms. The number of anilines is 1. The van der Waals surface area contributed by atoms with Gasteiger partial charge >= 0.3 is 0 Å². The lowest BCUT2D eigenvalue weighted by Gasteiger charge is -2.25. The van der Waals surface area contributed by atoms with Crippen LogP contribution in [-0.2, 0) is 12.8 Å². The molecule has 1 aliphatic heterocycles. The van der Waals surface area contributed by atoms with Crippen molar-refractivity contribution in [2.24, 2.45) is 5.92 Å². The third kappa shape index (κ3) is 3.92. The van der Waals surface area contributed by atoms with Crippen LogP contribution in [0.15, 0.2) is 30.3 Å². The van der Waals surface area contributed by atoms with E-state index in [1.54, 1.807) is 7.11 Å². The van der Waals surface area contributed by atoms with Crippen molar-refractivity contribution in [3.8, 4) is 11.5 Å². The largest absolute Gasteiger partial charge is 0.497 e. The second-order valence-electron chi connectivity index (χ2n) is 6.27. The van der Waals surface area contributed by atoms with E-state index in [1.807, 2.05) is 24.3 Å². The summed E-state index contributed by atoms with van der Waals surface area (Å²) in [6.07, 6.45) is 1.87. The van der Waals surface area contributed by atoms with Crippen LogP contribution in [0.4, 0.5) is 5.82 Å². The molecule has 2 heterocycles. The Bertz CT molecular complexity index is 656. The molecule has 1 aromatic heterocycles. The molecule has 0 saturated heterocycles. The molecule has 5 heteroatoms. The maximum Gasteiger partial charge on any atom is 0.148 e. The molecule has 0 amide bonds. The van der Waals surface area contributed by atoms with Crippen molar-refractivity contribution >= 4 is 5.82 Å². The molecular formula is C18H23N3O2. The van der Waals surface area contributed by atoms with E-state index in [0.29, 0.717) is 18.6 Å². The fraction of sp³-hybridized carbons (Fsp3) is 0.444. The van der Waals surface area contributed by atoms with Crippen molar-refractivity contribution in [2.45, 2.75) is 32.7 Å². The fourth-order valence-electron chi connectivity index (χ4n) is 2.81. The quantitative estimate of drug-likeness (QED) is 0.919. The van der Waals surface area contributed by atoms with Gasteiger partial charge in [-0.1, -0.05) is 6.07 Å². The van der Waals surface area contributed by atoms with Gasteiger partial charge < -0.3 is 14.8 Å². The Morgan fingerprint density at radius 2 is 2.13 bits per heavy atom. The topological polar surface area (TPSA) is 56.3 Å². The van der Waals surface area contributed by atoms with Crippen molar-refractivity contribution in [3.05, 3.63) is 41.6 Å². The summed E-state index contributed by atoms with van der Waals surface area (Å²) in [4.78, 5) is 0. The summed E-state index contributed by atoms with van der Waals surface area (Å²) in [6.45, 7) is 4.87. The van der Waals surface area contributed by atoms with Crippen molar-refractivity contribution < 1.29 is 9.47 Å². The summed E-state index contributed by atoms with van der Waals surface area (Å²) in [5, 5.41) is 11.8. The first kappa shape index (κ1) is 15.6. The Balaban J connectivity index is 1.63. The van der Waals surface area contributed by atoms with E-state index in [-0.39, 0.29) is 0 Å². The Morgan fingerprint density at radius 3 is 2.83 bits per heavy atom. The summed E-state index contributed by atoms with van der Waals surface area (Å²) >= 11 is 0. The van der Waals surface area contributed by atoms with Crippen LogP contribution in [0.5, 0.6) is 11.5 Å². The van der Waals surface area contributed by atoms with Gasteiger partial charge in [-0.2, -0.15) is 5.10 Å². The van der Waals surface area contributed by atoms with Crippen LogP contribution in [-0.4, -0.2) is 30.0 Å². The van der Waals surface area contributed by atoms with Gasteiger partial charge in [0.2, 0.25) is 0 Å². The summed E-state index contributed by atoms with van der Waals surface area (Å²) in [5.74, 6) is 3.01. The van der Waals surface area contributed by atoms with Gasteiger partial charge in [0.25, 0.3) is 0 Å². The fourth-order valence-corrected chi connectivity index (χ4v) is 2.81. The second-order valence-corrected chi connectivity index (χ2v) is 6.27. The van der Waals surface area contributed by atoms with Gasteiger partial charge in [0.1, 0.15) is 17.3 Å². The molecule has 1 aliphatic rings. The Kier molecular flexibility index (Phi) is 4.65. The number of aromatic nitrogens is 2. The molecule has 0 saturated carbocycles. The van der Waals surface area contributed by atoms with E-state index in [2.05, 4.69) is 35.4 Å². The van der Waals surface area contributed by atoms with E-state index < -0.39 is 0 Å². The Hall–Kier alpha value is -2.30. The summed E-state index contributed by atoms with van der Waals surface area (Å²) < 4.78 is 11.1. The average Bonchev–Trinajstić information content (AvgIpc) is 2.55. The molecule has 122 valence electrons. The van der Waals surface area contributed by atoms with E-state index in [9.17, 15) is 0 Å². The van der Waals surface area contributed by atoms with Crippen molar-refractivity contribution in [1.82, 2.24) is 10.2 Å². The molecule has 1 atom stereocenters. The lowest BCUT2D eigenvalue weighted by Crippen LogP contribution is -2.23. The van der Waals surface area contributed by atoms with Gasteiger partial charge in [-0.3, -0.25) is 0 Å². The van der Waals surface area contributed by atoms with Gasteiger partial charge in [0.05, 0.1) is 19.4 Å². The normalized spacial score (nSPS) is 16.6. The molecule has 3 rings (SSSR count). The minimum atomic E-state index is 0.357. The molecule has 1 aromatic carbocycles. The molecular weight excluding hydrogens is 290 g/mol.